The summed E-state index contributed by atoms with van der Waals surface area (Å²) in [5.74, 6) is 0.125. The minimum atomic E-state index is -0.773. The lowest BCUT2D eigenvalue weighted by atomic mass is 9.80. The third kappa shape index (κ3) is 5.02. The van der Waals surface area contributed by atoms with Gasteiger partial charge in [0.05, 0.1) is 6.61 Å². The van der Waals surface area contributed by atoms with Crippen molar-refractivity contribution in [2.24, 2.45) is 5.92 Å². The van der Waals surface area contributed by atoms with Crippen molar-refractivity contribution in [2.45, 2.75) is 88.7 Å². The molecular formula is C27H35NO4S2. The van der Waals surface area contributed by atoms with Crippen molar-refractivity contribution in [3.8, 4) is 0 Å². The minimum absolute atomic E-state index is 0.00355. The van der Waals surface area contributed by atoms with E-state index in [0.29, 0.717) is 25.2 Å². The van der Waals surface area contributed by atoms with Crippen molar-refractivity contribution < 1.29 is 19.7 Å². The van der Waals surface area contributed by atoms with E-state index in [1.807, 2.05) is 37.6 Å². The molecule has 184 valence electrons. The average Bonchev–Trinajstić information content (AvgIpc) is 3.48. The van der Waals surface area contributed by atoms with Crippen LogP contribution in [0.4, 0.5) is 5.69 Å². The second-order valence-corrected chi connectivity index (χ2v) is 11.8. The maximum atomic E-state index is 13.3. The summed E-state index contributed by atoms with van der Waals surface area (Å²) in [7, 11) is 0. The molecule has 1 saturated carbocycles. The zero-order valence-corrected chi connectivity index (χ0v) is 21.9. The molecule has 1 aliphatic heterocycles. The van der Waals surface area contributed by atoms with Crippen LogP contribution < -0.4 is 5.73 Å². The molecule has 0 spiro atoms. The Bertz CT molecular complexity index is 1080. The maximum absolute atomic E-state index is 13.3. The highest BCUT2D eigenvalue weighted by Crippen LogP contribution is 2.47. The van der Waals surface area contributed by atoms with Crippen molar-refractivity contribution in [2.75, 3.05) is 5.73 Å². The summed E-state index contributed by atoms with van der Waals surface area (Å²) < 4.78 is 6.12. The Balaban J connectivity index is 1.60. The van der Waals surface area contributed by atoms with Gasteiger partial charge in [-0.05, 0) is 89.6 Å². The lowest BCUT2D eigenvalue weighted by Crippen LogP contribution is -2.44. The fraction of sp³-hybridized carbons (Fsp3) is 0.519. The number of esters is 1. The zero-order valence-electron chi connectivity index (χ0n) is 20.2. The maximum Gasteiger partial charge on any atom is 0.349 e. The number of cyclic esters (lactones) is 1. The Morgan fingerprint density at radius 3 is 2.59 bits per heavy atom. The smallest absolute Gasteiger partial charge is 0.349 e. The molecule has 2 aliphatic rings. The minimum Gasteiger partial charge on any atom is -0.511 e. The Labute approximate surface area is 210 Å². The lowest BCUT2D eigenvalue weighted by molar-refractivity contribution is -0.164. The first-order valence-corrected chi connectivity index (χ1v) is 13.9. The number of nitrogens with two attached hydrogens (primary N) is 1. The third-order valence-corrected chi connectivity index (χ3v) is 9.51. The number of hydrogen-bond acceptors (Lipinski definition) is 7. The van der Waals surface area contributed by atoms with Crippen LogP contribution in [0.5, 0.6) is 0 Å². The van der Waals surface area contributed by atoms with Gasteiger partial charge in [0.1, 0.15) is 16.3 Å². The highest BCUT2D eigenvalue weighted by molar-refractivity contribution is 8.04. The summed E-state index contributed by atoms with van der Waals surface area (Å²) in [5, 5.41) is 24.7. The number of thioether (sulfide) groups is 1. The molecule has 2 aromatic rings. The number of carbonyl (C=O) groups is 1. The number of anilines is 1. The van der Waals surface area contributed by atoms with Gasteiger partial charge >= 0.3 is 5.97 Å². The standard InChI is InChI=1S/C27H35NO4S2/c1-16(2)27(9-8-19-14-33-15-20(19)13-29)12-23(30)25(26(31)32-27)34-24-10-17(3)22(28)11-21(24)18-6-4-5-7-18/h10-11,14-16,18,29-30H,4-9,12-13,28H2,1-3H3. The molecule has 0 amide bonds. The third-order valence-electron chi connectivity index (χ3n) is 7.49. The second-order valence-electron chi connectivity index (χ2n) is 9.97. The highest BCUT2D eigenvalue weighted by Gasteiger charge is 2.44. The van der Waals surface area contributed by atoms with Crippen LogP contribution >= 0.6 is 23.1 Å². The summed E-state index contributed by atoms with van der Waals surface area (Å²) >= 11 is 2.88. The molecule has 5 nitrogen and oxygen atoms in total. The van der Waals surface area contributed by atoms with Crippen LogP contribution in [0.15, 0.2) is 38.5 Å². The normalized spacial score (nSPS) is 21.5. The van der Waals surface area contributed by atoms with Crippen LogP contribution in [0.1, 0.15) is 80.5 Å². The number of hydrogen-bond donors (Lipinski definition) is 3. The highest BCUT2D eigenvalue weighted by atomic mass is 32.2. The molecule has 1 atom stereocenters. The van der Waals surface area contributed by atoms with Crippen LogP contribution in [0.25, 0.3) is 0 Å². The van der Waals surface area contributed by atoms with Crippen molar-refractivity contribution in [3.63, 3.8) is 0 Å². The Hall–Kier alpha value is -1.96. The monoisotopic (exact) mass is 501 g/mol. The number of aliphatic hydroxyl groups is 2. The fourth-order valence-electron chi connectivity index (χ4n) is 5.12. The van der Waals surface area contributed by atoms with Gasteiger partial charge in [0, 0.05) is 17.0 Å². The molecule has 1 aliphatic carbocycles. The molecule has 1 aromatic heterocycles. The molecule has 7 heteroatoms. The molecule has 2 heterocycles. The Morgan fingerprint density at radius 1 is 1.24 bits per heavy atom. The van der Waals surface area contributed by atoms with Gasteiger partial charge < -0.3 is 20.7 Å². The van der Waals surface area contributed by atoms with Gasteiger partial charge in [0.25, 0.3) is 0 Å². The van der Waals surface area contributed by atoms with Gasteiger partial charge in [-0.1, -0.05) is 38.5 Å². The van der Waals surface area contributed by atoms with E-state index in [9.17, 15) is 15.0 Å². The first-order valence-electron chi connectivity index (χ1n) is 12.1. The van der Waals surface area contributed by atoms with Gasteiger partial charge in [0.2, 0.25) is 0 Å². The van der Waals surface area contributed by atoms with Crippen molar-refractivity contribution in [1.82, 2.24) is 0 Å². The van der Waals surface area contributed by atoms with E-state index in [1.165, 1.54) is 30.2 Å². The number of ether oxygens (including phenoxy) is 1. The summed E-state index contributed by atoms with van der Waals surface area (Å²) in [6.07, 6.45) is 6.24. The van der Waals surface area contributed by atoms with E-state index in [0.717, 1.165) is 40.1 Å². The van der Waals surface area contributed by atoms with Gasteiger partial charge in [-0.3, -0.25) is 0 Å². The summed E-state index contributed by atoms with van der Waals surface area (Å²) in [6.45, 7) is 6.03. The van der Waals surface area contributed by atoms with Crippen LogP contribution in [-0.2, 0) is 22.6 Å². The van der Waals surface area contributed by atoms with E-state index < -0.39 is 11.6 Å². The van der Waals surface area contributed by atoms with E-state index >= 15 is 0 Å². The van der Waals surface area contributed by atoms with Crippen molar-refractivity contribution in [3.05, 3.63) is 55.8 Å². The molecule has 34 heavy (non-hydrogen) atoms. The molecule has 1 fully saturated rings. The van der Waals surface area contributed by atoms with Crippen LogP contribution in [0.3, 0.4) is 0 Å². The topological polar surface area (TPSA) is 92.8 Å². The predicted octanol–water partition coefficient (Wildman–Crippen LogP) is 6.62. The summed E-state index contributed by atoms with van der Waals surface area (Å²) in [4.78, 5) is 14.5. The molecule has 0 bridgehead atoms. The predicted molar refractivity (Wildman–Crippen MR) is 139 cm³/mol. The number of benzene rings is 1. The molecule has 0 saturated heterocycles. The van der Waals surface area contributed by atoms with Crippen LogP contribution in [0.2, 0.25) is 0 Å². The van der Waals surface area contributed by atoms with E-state index in [2.05, 4.69) is 6.07 Å². The first-order chi connectivity index (χ1) is 16.2. The largest absolute Gasteiger partial charge is 0.511 e. The molecule has 0 radical (unpaired) electrons. The SMILES string of the molecule is Cc1cc(SC2=C(O)CC(CCc3cscc3CO)(C(C)C)OC2=O)c(C2CCCC2)cc1N. The number of aryl methyl sites for hydroxylation is 2. The summed E-state index contributed by atoms with van der Waals surface area (Å²) in [6, 6.07) is 4.09. The van der Waals surface area contributed by atoms with E-state index in [4.69, 9.17) is 10.5 Å². The number of thiophene rings is 1. The number of carbonyl (C=O) groups excluding carboxylic acids is 1. The van der Waals surface area contributed by atoms with Gasteiger partial charge in [-0.25, -0.2) is 4.79 Å². The number of nitrogen functional groups attached to an aromatic ring is 1. The fourth-order valence-corrected chi connectivity index (χ4v) is 7.13. The molecule has 4 rings (SSSR count). The van der Waals surface area contributed by atoms with Gasteiger partial charge in [-0.2, -0.15) is 11.3 Å². The van der Waals surface area contributed by atoms with E-state index in [1.54, 1.807) is 11.3 Å². The van der Waals surface area contributed by atoms with Gasteiger partial charge in [0.15, 0.2) is 0 Å². The lowest BCUT2D eigenvalue weighted by Gasteiger charge is -2.40. The zero-order chi connectivity index (χ0) is 24.5. The Morgan fingerprint density at radius 2 is 1.94 bits per heavy atom. The van der Waals surface area contributed by atoms with Crippen molar-refractivity contribution in [1.29, 1.82) is 0 Å². The Kier molecular flexibility index (Phi) is 7.65. The quantitative estimate of drug-likeness (QED) is 0.278. The molecular weight excluding hydrogens is 466 g/mol. The number of rotatable bonds is 8. The molecule has 1 aromatic carbocycles. The first kappa shape index (κ1) is 25.1. The molecule has 4 N–H and O–H groups in total. The van der Waals surface area contributed by atoms with Crippen LogP contribution in [0, 0.1) is 12.8 Å². The molecule has 1 unspecified atom stereocenters. The van der Waals surface area contributed by atoms with E-state index in [-0.39, 0.29) is 23.2 Å². The van der Waals surface area contributed by atoms with Crippen LogP contribution in [-0.4, -0.2) is 21.8 Å². The van der Waals surface area contributed by atoms with Gasteiger partial charge in [-0.15, -0.1) is 0 Å². The average molecular weight is 502 g/mol. The summed E-state index contributed by atoms with van der Waals surface area (Å²) in [5.41, 5.74) is 10.4. The second kappa shape index (κ2) is 10.3. The number of aliphatic hydroxyl groups excluding tert-OH is 2. The van der Waals surface area contributed by atoms with Crippen molar-refractivity contribution >= 4 is 34.8 Å².